The number of pyridine rings is 1. The largest absolute Gasteiger partial charge is 0.507 e. The Morgan fingerprint density at radius 1 is 0.468 bits per heavy atom. The van der Waals surface area contributed by atoms with Gasteiger partial charge in [0.25, 0.3) is 0 Å². The molecule has 77 heavy (non-hydrogen) atoms. The molecule has 0 radical (unpaired) electrons. The number of hydrogen-bond donors (Lipinski definition) is 1. The van der Waals surface area contributed by atoms with E-state index in [1.165, 1.54) is 45.7 Å². The van der Waals surface area contributed by atoms with Crippen LogP contribution in [0.2, 0.25) is 0 Å². The van der Waals surface area contributed by atoms with E-state index in [-0.39, 0.29) is 48.5 Å². The zero-order valence-corrected chi connectivity index (χ0v) is 48.4. The molecule has 0 saturated heterocycles. The molecule has 3 aromatic heterocycles. The molecule has 0 atom stereocenters. The maximum absolute atomic E-state index is 15.4. The molecule has 11 aromatic rings. The molecule has 0 bridgehead atoms. The van der Waals surface area contributed by atoms with Crippen LogP contribution in [0.25, 0.3) is 100 Å². The zero-order chi connectivity index (χ0) is 53.6. The molecule has 0 fully saturated rings. The van der Waals surface area contributed by atoms with E-state index < -0.39 is 5.82 Å². The van der Waals surface area contributed by atoms with Crippen LogP contribution in [-0.4, -0.2) is 24.2 Å². The van der Waals surface area contributed by atoms with Crippen LogP contribution in [0.15, 0.2) is 176 Å². The molecule has 0 saturated carbocycles. The van der Waals surface area contributed by atoms with E-state index >= 15 is 4.39 Å². The molecule has 3 heterocycles. The molecule has 0 aliphatic rings. The van der Waals surface area contributed by atoms with E-state index in [4.69, 9.17) is 9.97 Å². The Morgan fingerprint density at radius 2 is 1.08 bits per heavy atom. The average Bonchev–Trinajstić information content (AvgIpc) is 3.98. The number of benzene rings is 8. The number of halogens is 1. The number of rotatable bonds is 7. The van der Waals surface area contributed by atoms with Crippen molar-refractivity contribution >= 4 is 32.8 Å². The fourth-order valence-electron chi connectivity index (χ4n) is 10.6. The Bertz CT molecular complexity index is 4030. The van der Waals surface area contributed by atoms with E-state index in [1.54, 1.807) is 0 Å². The molecule has 0 amide bonds. The van der Waals surface area contributed by atoms with Gasteiger partial charge in [0, 0.05) is 60.5 Å². The number of fused-ring (bicyclic) bond motifs is 4. The number of aromatic nitrogens is 4. The van der Waals surface area contributed by atoms with Crippen LogP contribution in [0.3, 0.4) is 0 Å². The van der Waals surface area contributed by atoms with Gasteiger partial charge >= 0.3 is 0 Å². The van der Waals surface area contributed by atoms with Crippen molar-refractivity contribution in [3.8, 4) is 73.2 Å². The topological polar surface area (TPSA) is 55.9 Å². The van der Waals surface area contributed by atoms with E-state index in [9.17, 15) is 5.11 Å². The number of aromatic hydroxyl groups is 1. The summed E-state index contributed by atoms with van der Waals surface area (Å²) in [6.07, 6.45) is 1.92. The molecule has 0 unspecified atom stereocenters. The third-order valence-corrected chi connectivity index (χ3v) is 15.0. The first-order valence-electron chi connectivity index (χ1n) is 26.5. The second-order valence-corrected chi connectivity index (χ2v) is 24.7. The van der Waals surface area contributed by atoms with Crippen molar-refractivity contribution in [2.75, 3.05) is 0 Å². The molecule has 390 valence electrons. The minimum atomic E-state index is -0.467. The average molecular weight is 1190 g/mol. The van der Waals surface area contributed by atoms with E-state index in [0.717, 1.165) is 78.1 Å². The molecular formula is C70H66FN4OPt-. The number of hydrogen-bond acceptors (Lipinski definition) is 3. The first kappa shape index (κ1) is 53.0. The van der Waals surface area contributed by atoms with Crippen LogP contribution in [0, 0.1) is 11.9 Å². The summed E-state index contributed by atoms with van der Waals surface area (Å²) in [4.78, 5) is 10.5. The SMILES string of the molecule is CC(C)(C)c1cc(-c2cc(-c3cccc4c5ccccc5n(-c5cc(C(C)(C)C)cc(C(C)(C)C)c5)c34)ccn2)[c-]c(-c2cccc3c2nc(-c2cc(F)ccc2O)n3-c2ccc(C(C)(C)C)cc2-c2ccccc2)c1.[Pt]. The number of imidazole rings is 1. The Morgan fingerprint density at radius 3 is 1.78 bits per heavy atom. The molecular weight excluding hydrogens is 1130 g/mol. The van der Waals surface area contributed by atoms with E-state index in [2.05, 4.69) is 226 Å². The van der Waals surface area contributed by atoms with Gasteiger partial charge in [0.1, 0.15) is 17.4 Å². The standard InChI is InChI=1S/C70H66FN4O.Pt/c1-67(2,3)47-28-30-61(57(41-47)43-20-14-13-15-21-43)75-62-27-19-23-53(64(62)73-66(75)58-42-51(71)29-31-63(58)76)45-34-46(36-48(35-45)68(4,5)6)59-37-44(32-33-72-59)54-24-18-25-56-55-22-16-17-26-60(55)74(65(54)56)52-39-49(69(7,8)9)38-50(40-52)70(10,11)12;/h13-33,35-42,76H,1-12H3;/q-1;. The predicted molar refractivity (Wildman–Crippen MR) is 316 cm³/mol. The van der Waals surface area contributed by atoms with Crippen molar-refractivity contribution in [3.05, 3.63) is 210 Å². The summed E-state index contributed by atoms with van der Waals surface area (Å²) in [6, 6.07) is 62.3. The summed E-state index contributed by atoms with van der Waals surface area (Å²) < 4.78 is 19.9. The van der Waals surface area contributed by atoms with Gasteiger partial charge in [-0.05, 0) is 110 Å². The van der Waals surface area contributed by atoms with Gasteiger partial charge in [0.05, 0.1) is 33.3 Å². The van der Waals surface area contributed by atoms with Crippen molar-refractivity contribution in [1.82, 2.24) is 19.1 Å². The van der Waals surface area contributed by atoms with Crippen molar-refractivity contribution < 1.29 is 30.6 Å². The minimum absolute atomic E-state index is 0. The number of para-hydroxylation sites is 3. The summed E-state index contributed by atoms with van der Waals surface area (Å²) in [6.45, 7) is 27.1. The normalized spacial score (nSPS) is 12.4. The van der Waals surface area contributed by atoms with Gasteiger partial charge in [-0.15, -0.1) is 29.3 Å². The Balaban J connectivity index is 0.00000672. The maximum atomic E-state index is 15.4. The second kappa shape index (κ2) is 19.6. The van der Waals surface area contributed by atoms with E-state index in [1.807, 2.05) is 30.5 Å². The van der Waals surface area contributed by atoms with Gasteiger partial charge in [0.2, 0.25) is 0 Å². The first-order valence-corrected chi connectivity index (χ1v) is 26.5. The molecule has 7 heteroatoms. The minimum Gasteiger partial charge on any atom is -0.507 e. The second-order valence-electron chi connectivity index (χ2n) is 24.7. The molecule has 0 spiro atoms. The fourth-order valence-corrected chi connectivity index (χ4v) is 10.6. The third kappa shape index (κ3) is 9.87. The summed E-state index contributed by atoms with van der Waals surface area (Å²) in [5.41, 5.74) is 18.0. The number of phenols is 1. The Hall–Kier alpha value is -7.40. The Kier molecular flexibility index (Phi) is 13.5. The zero-order valence-electron chi connectivity index (χ0n) is 46.2. The van der Waals surface area contributed by atoms with Crippen LogP contribution in [0.4, 0.5) is 4.39 Å². The van der Waals surface area contributed by atoms with Crippen LogP contribution in [-0.2, 0) is 42.7 Å². The van der Waals surface area contributed by atoms with E-state index in [0.29, 0.717) is 16.9 Å². The smallest absolute Gasteiger partial charge is 0.148 e. The summed E-state index contributed by atoms with van der Waals surface area (Å²) in [7, 11) is 0. The molecule has 1 N–H and O–H groups in total. The molecule has 5 nitrogen and oxygen atoms in total. The fraction of sp³-hybridized carbons (Fsp3) is 0.229. The monoisotopic (exact) mass is 1190 g/mol. The van der Waals surface area contributed by atoms with Crippen molar-refractivity contribution in [2.45, 2.75) is 105 Å². The van der Waals surface area contributed by atoms with Gasteiger partial charge in [-0.3, -0.25) is 9.55 Å². The van der Waals surface area contributed by atoms with Gasteiger partial charge < -0.3 is 9.67 Å². The quantitative estimate of drug-likeness (QED) is 0.162. The van der Waals surface area contributed by atoms with Crippen LogP contribution >= 0.6 is 0 Å². The van der Waals surface area contributed by atoms with Gasteiger partial charge in [-0.25, -0.2) is 9.37 Å². The summed E-state index contributed by atoms with van der Waals surface area (Å²) in [5, 5.41) is 13.9. The van der Waals surface area contributed by atoms with Crippen molar-refractivity contribution in [3.63, 3.8) is 0 Å². The Labute approximate surface area is 467 Å². The predicted octanol–water partition coefficient (Wildman–Crippen LogP) is 18.7. The van der Waals surface area contributed by atoms with Gasteiger partial charge in [-0.2, -0.15) is 0 Å². The molecule has 0 aliphatic carbocycles. The number of phenolic OH excluding ortho intramolecular Hbond substituents is 1. The molecule has 11 rings (SSSR count). The first-order chi connectivity index (χ1) is 36.0. The summed E-state index contributed by atoms with van der Waals surface area (Å²) >= 11 is 0. The molecule has 8 aromatic carbocycles. The van der Waals surface area contributed by atoms with Crippen molar-refractivity contribution in [1.29, 1.82) is 0 Å². The van der Waals surface area contributed by atoms with Crippen LogP contribution < -0.4 is 0 Å². The third-order valence-electron chi connectivity index (χ3n) is 15.0. The number of nitrogens with zero attached hydrogens (tertiary/aromatic N) is 4. The van der Waals surface area contributed by atoms with Crippen LogP contribution in [0.5, 0.6) is 5.75 Å². The van der Waals surface area contributed by atoms with Crippen molar-refractivity contribution in [2.24, 2.45) is 0 Å². The van der Waals surface area contributed by atoms with Crippen LogP contribution in [0.1, 0.15) is 105 Å². The van der Waals surface area contributed by atoms with Gasteiger partial charge in [-0.1, -0.05) is 191 Å². The summed E-state index contributed by atoms with van der Waals surface area (Å²) in [5.74, 6) is -0.107. The maximum Gasteiger partial charge on any atom is 0.148 e. The van der Waals surface area contributed by atoms with Gasteiger partial charge in [0.15, 0.2) is 0 Å². The molecule has 0 aliphatic heterocycles.